The van der Waals surface area contributed by atoms with Crippen LogP contribution in [0.1, 0.15) is 23.1 Å². The zero-order chi connectivity index (χ0) is 11.5. The SMILES string of the molecule is CNC(c1ccnc(C)c1)c1nccn1C. The normalized spacial score (nSPS) is 12.7. The highest BCUT2D eigenvalue weighted by atomic mass is 15.1. The van der Waals surface area contributed by atoms with Gasteiger partial charge in [0.1, 0.15) is 5.82 Å². The van der Waals surface area contributed by atoms with E-state index in [9.17, 15) is 0 Å². The Morgan fingerprint density at radius 3 is 2.69 bits per heavy atom. The lowest BCUT2D eigenvalue weighted by molar-refractivity contribution is 0.616. The van der Waals surface area contributed by atoms with E-state index in [2.05, 4.69) is 21.4 Å². The molecule has 2 aromatic rings. The first-order chi connectivity index (χ1) is 7.72. The predicted molar refractivity (Wildman–Crippen MR) is 63.1 cm³/mol. The second kappa shape index (κ2) is 4.45. The van der Waals surface area contributed by atoms with Gasteiger partial charge in [-0.1, -0.05) is 0 Å². The second-order valence-electron chi connectivity index (χ2n) is 3.85. The summed E-state index contributed by atoms with van der Waals surface area (Å²) in [5, 5.41) is 3.28. The van der Waals surface area contributed by atoms with Crippen LogP contribution in [0.25, 0.3) is 0 Å². The second-order valence-corrected chi connectivity index (χ2v) is 3.85. The lowest BCUT2D eigenvalue weighted by Crippen LogP contribution is -2.21. The third-order valence-electron chi connectivity index (χ3n) is 2.66. The Morgan fingerprint density at radius 2 is 2.12 bits per heavy atom. The minimum absolute atomic E-state index is 0.113. The topological polar surface area (TPSA) is 42.7 Å². The van der Waals surface area contributed by atoms with Gasteiger partial charge in [0.2, 0.25) is 0 Å². The van der Waals surface area contributed by atoms with Gasteiger partial charge in [-0.3, -0.25) is 4.98 Å². The summed E-state index contributed by atoms with van der Waals surface area (Å²) in [5.41, 5.74) is 2.20. The van der Waals surface area contributed by atoms with Gasteiger partial charge >= 0.3 is 0 Å². The minimum Gasteiger partial charge on any atom is -0.336 e. The zero-order valence-electron chi connectivity index (χ0n) is 9.81. The Bertz CT molecular complexity index is 475. The number of pyridine rings is 1. The third-order valence-corrected chi connectivity index (χ3v) is 2.66. The van der Waals surface area contributed by atoms with Crippen LogP contribution in [0.4, 0.5) is 0 Å². The van der Waals surface area contributed by atoms with E-state index in [0.29, 0.717) is 0 Å². The van der Waals surface area contributed by atoms with Gasteiger partial charge in [-0.2, -0.15) is 0 Å². The van der Waals surface area contributed by atoms with Crippen molar-refractivity contribution in [2.45, 2.75) is 13.0 Å². The van der Waals surface area contributed by atoms with Crippen LogP contribution in [0.2, 0.25) is 0 Å². The molecule has 0 aromatic carbocycles. The van der Waals surface area contributed by atoms with E-state index in [4.69, 9.17) is 0 Å². The molecule has 1 atom stereocenters. The number of rotatable bonds is 3. The molecule has 0 aliphatic carbocycles. The van der Waals surface area contributed by atoms with Crippen molar-refractivity contribution in [2.75, 3.05) is 7.05 Å². The fourth-order valence-corrected chi connectivity index (χ4v) is 1.85. The minimum atomic E-state index is 0.113. The van der Waals surface area contributed by atoms with Gasteiger partial charge in [-0.05, 0) is 31.7 Å². The molecular weight excluding hydrogens is 200 g/mol. The summed E-state index contributed by atoms with van der Waals surface area (Å²) in [6.07, 6.45) is 5.60. The van der Waals surface area contributed by atoms with Crippen LogP contribution < -0.4 is 5.32 Å². The molecule has 0 amide bonds. The highest BCUT2D eigenvalue weighted by Crippen LogP contribution is 2.19. The van der Waals surface area contributed by atoms with Crippen molar-refractivity contribution in [1.29, 1.82) is 0 Å². The van der Waals surface area contributed by atoms with Crippen molar-refractivity contribution in [1.82, 2.24) is 19.9 Å². The molecule has 0 fully saturated rings. The molecule has 1 N–H and O–H groups in total. The van der Waals surface area contributed by atoms with Crippen LogP contribution in [0, 0.1) is 6.92 Å². The van der Waals surface area contributed by atoms with Gasteiger partial charge in [-0.25, -0.2) is 4.98 Å². The van der Waals surface area contributed by atoms with E-state index < -0.39 is 0 Å². The highest BCUT2D eigenvalue weighted by molar-refractivity contribution is 5.25. The maximum absolute atomic E-state index is 4.37. The molecule has 2 rings (SSSR count). The Kier molecular flexibility index (Phi) is 3.01. The van der Waals surface area contributed by atoms with Crippen molar-refractivity contribution < 1.29 is 0 Å². The van der Waals surface area contributed by atoms with E-state index in [1.807, 2.05) is 50.2 Å². The maximum atomic E-state index is 4.37. The maximum Gasteiger partial charge on any atom is 0.130 e. The molecule has 0 aliphatic heterocycles. The van der Waals surface area contributed by atoms with Gasteiger partial charge in [0.15, 0.2) is 0 Å². The summed E-state index contributed by atoms with van der Waals surface area (Å²) in [6.45, 7) is 1.99. The number of nitrogens with zero attached hydrogens (tertiary/aromatic N) is 3. The van der Waals surface area contributed by atoms with Crippen molar-refractivity contribution in [2.24, 2.45) is 7.05 Å². The molecule has 0 saturated carbocycles. The summed E-state index contributed by atoms with van der Waals surface area (Å²) in [5.74, 6) is 1.01. The van der Waals surface area contributed by atoms with Crippen LogP contribution in [-0.2, 0) is 7.05 Å². The van der Waals surface area contributed by atoms with E-state index in [-0.39, 0.29) is 6.04 Å². The van der Waals surface area contributed by atoms with Gasteiger partial charge in [0, 0.05) is 31.3 Å². The van der Waals surface area contributed by atoms with Crippen molar-refractivity contribution in [3.63, 3.8) is 0 Å². The lowest BCUT2D eigenvalue weighted by atomic mass is 10.1. The van der Waals surface area contributed by atoms with Crippen LogP contribution in [-0.4, -0.2) is 21.6 Å². The highest BCUT2D eigenvalue weighted by Gasteiger charge is 2.15. The first-order valence-electron chi connectivity index (χ1n) is 5.29. The van der Waals surface area contributed by atoms with Crippen LogP contribution >= 0.6 is 0 Å². The lowest BCUT2D eigenvalue weighted by Gasteiger charge is -2.16. The van der Waals surface area contributed by atoms with Crippen molar-refractivity contribution >= 4 is 0 Å². The van der Waals surface area contributed by atoms with E-state index >= 15 is 0 Å². The summed E-state index contributed by atoms with van der Waals surface area (Å²) >= 11 is 0. The average Bonchev–Trinajstić information content (AvgIpc) is 2.67. The van der Waals surface area contributed by atoms with Gasteiger partial charge in [0.25, 0.3) is 0 Å². The van der Waals surface area contributed by atoms with E-state index in [1.54, 1.807) is 0 Å². The number of hydrogen-bond donors (Lipinski definition) is 1. The Hall–Kier alpha value is -1.68. The molecule has 0 bridgehead atoms. The van der Waals surface area contributed by atoms with Crippen LogP contribution in [0.3, 0.4) is 0 Å². The molecule has 16 heavy (non-hydrogen) atoms. The summed E-state index contributed by atoms with van der Waals surface area (Å²) in [4.78, 5) is 8.58. The Balaban J connectivity index is 2.40. The molecule has 84 valence electrons. The summed E-state index contributed by atoms with van der Waals surface area (Å²) in [7, 11) is 3.94. The number of aromatic nitrogens is 3. The molecule has 4 nitrogen and oxygen atoms in total. The summed E-state index contributed by atoms with van der Waals surface area (Å²) in [6, 6.07) is 4.21. The fraction of sp³-hybridized carbons (Fsp3) is 0.333. The molecule has 2 heterocycles. The smallest absolute Gasteiger partial charge is 0.130 e. The van der Waals surface area contributed by atoms with E-state index in [0.717, 1.165) is 11.5 Å². The monoisotopic (exact) mass is 216 g/mol. The van der Waals surface area contributed by atoms with E-state index in [1.165, 1.54) is 5.56 Å². The van der Waals surface area contributed by atoms with Crippen molar-refractivity contribution in [3.05, 3.63) is 47.8 Å². The average molecular weight is 216 g/mol. The van der Waals surface area contributed by atoms with Gasteiger partial charge in [0.05, 0.1) is 6.04 Å². The Morgan fingerprint density at radius 1 is 1.31 bits per heavy atom. The number of nitrogens with one attached hydrogen (secondary N) is 1. The van der Waals surface area contributed by atoms with Crippen LogP contribution in [0.5, 0.6) is 0 Å². The molecular formula is C12H16N4. The molecule has 0 aliphatic rings. The van der Waals surface area contributed by atoms with Gasteiger partial charge in [-0.15, -0.1) is 0 Å². The zero-order valence-corrected chi connectivity index (χ0v) is 9.81. The van der Waals surface area contributed by atoms with Gasteiger partial charge < -0.3 is 9.88 Å². The number of hydrogen-bond acceptors (Lipinski definition) is 3. The standard InChI is InChI=1S/C12H16N4/c1-9-8-10(4-5-14-9)11(13-2)12-15-6-7-16(12)3/h4-8,11,13H,1-3H3. The summed E-state index contributed by atoms with van der Waals surface area (Å²) < 4.78 is 2.02. The molecule has 2 aromatic heterocycles. The molecule has 4 heteroatoms. The third kappa shape index (κ3) is 1.97. The predicted octanol–water partition coefficient (Wildman–Crippen LogP) is 1.43. The quantitative estimate of drug-likeness (QED) is 0.844. The number of aryl methyl sites for hydroxylation is 2. The molecule has 0 saturated heterocycles. The fourth-order valence-electron chi connectivity index (χ4n) is 1.85. The van der Waals surface area contributed by atoms with Crippen molar-refractivity contribution in [3.8, 4) is 0 Å². The largest absolute Gasteiger partial charge is 0.336 e. The Labute approximate surface area is 95.4 Å². The molecule has 1 unspecified atom stereocenters. The van der Waals surface area contributed by atoms with Crippen LogP contribution in [0.15, 0.2) is 30.7 Å². The first kappa shape index (κ1) is 10.8. The number of imidazole rings is 1. The molecule has 0 radical (unpaired) electrons. The molecule has 0 spiro atoms. The first-order valence-corrected chi connectivity index (χ1v) is 5.29.